The maximum Gasteiger partial charge on any atom is 0.328 e. The van der Waals surface area contributed by atoms with E-state index in [9.17, 15) is 9.59 Å². The van der Waals surface area contributed by atoms with Gasteiger partial charge < -0.3 is 4.74 Å². The number of piperidine rings is 1. The molecule has 1 aliphatic heterocycles. The average molecular weight is 460 g/mol. The number of aryl methyl sites for hydroxylation is 1. The smallest absolute Gasteiger partial charge is 0.328 e. The lowest BCUT2D eigenvalue weighted by Crippen LogP contribution is -2.39. The van der Waals surface area contributed by atoms with Gasteiger partial charge in [0.25, 0.3) is 5.56 Å². The van der Waals surface area contributed by atoms with Gasteiger partial charge in [-0.05, 0) is 49.6 Å². The predicted molar refractivity (Wildman–Crippen MR) is 123 cm³/mol. The summed E-state index contributed by atoms with van der Waals surface area (Å²) < 4.78 is 7.59. The third kappa shape index (κ3) is 5.21. The van der Waals surface area contributed by atoms with Crippen LogP contribution in [0, 0.1) is 6.92 Å². The summed E-state index contributed by atoms with van der Waals surface area (Å²) in [6.45, 7) is 4.25. The molecule has 0 radical (unpaired) electrons. The number of halogens is 2. The second-order valence-corrected chi connectivity index (χ2v) is 8.63. The van der Waals surface area contributed by atoms with Crippen molar-refractivity contribution in [2.45, 2.75) is 32.4 Å². The fourth-order valence-electron chi connectivity index (χ4n) is 3.85. The highest BCUT2D eigenvalue weighted by Crippen LogP contribution is 2.30. The Labute approximate surface area is 190 Å². The summed E-state index contributed by atoms with van der Waals surface area (Å²) in [5.74, 6) is 1.37. The molecule has 1 fully saturated rings. The van der Waals surface area contributed by atoms with Gasteiger partial charge in [-0.1, -0.05) is 35.3 Å². The van der Waals surface area contributed by atoms with E-state index in [1.165, 1.54) is 0 Å². The fraction of sp³-hybridized carbons (Fsp3) is 0.304. The summed E-state index contributed by atoms with van der Waals surface area (Å²) in [6.07, 6.45) is 3.38. The molecule has 2 heterocycles. The van der Waals surface area contributed by atoms with Crippen LogP contribution in [-0.4, -0.2) is 27.5 Å². The monoisotopic (exact) mass is 459 g/mol. The van der Waals surface area contributed by atoms with E-state index in [0.717, 1.165) is 43.8 Å². The quantitative estimate of drug-likeness (QED) is 0.595. The molecule has 31 heavy (non-hydrogen) atoms. The number of likely N-dealkylation sites (tertiary alicyclic amines) is 1. The Morgan fingerprint density at radius 1 is 1.03 bits per heavy atom. The molecule has 8 heteroatoms. The summed E-state index contributed by atoms with van der Waals surface area (Å²) in [5, 5.41) is 0.945. The van der Waals surface area contributed by atoms with E-state index in [4.69, 9.17) is 27.9 Å². The largest absolute Gasteiger partial charge is 0.457 e. The summed E-state index contributed by atoms with van der Waals surface area (Å²) in [4.78, 5) is 28.5. The third-order valence-electron chi connectivity index (χ3n) is 5.53. The Balaban J connectivity index is 1.38. The van der Waals surface area contributed by atoms with Gasteiger partial charge in [0, 0.05) is 43.5 Å². The molecule has 0 spiro atoms. The highest BCUT2D eigenvalue weighted by Gasteiger charge is 2.22. The van der Waals surface area contributed by atoms with Crippen LogP contribution in [0.25, 0.3) is 0 Å². The lowest BCUT2D eigenvalue weighted by atomic mass is 10.0. The van der Waals surface area contributed by atoms with E-state index in [-0.39, 0.29) is 17.3 Å². The number of nitrogens with zero attached hydrogens (tertiary/aromatic N) is 2. The minimum absolute atomic E-state index is 0.101. The first-order valence-electron chi connectivity index (χ1n) is 10.2. The Morgan fingerprint density at radius 3 is 2.52 bits per heavy atom. The van der Waals surface area contributed by atoms with Crippen LogP contribution in [0.1, 0.15) is 30.0 Å². The Kier molecular flexibility index (Phi) is 6.51. The highest BCUT2D eigenvalue weighted by molar-refractivity contribution is 6.42. The standard InChI is InChI=1S/C23H23Cl2N3O3/c1-15-13-28(23(30)26-22(15)29)17-7-9-27(10-8-17)14-16-3-2-4-18(11-16)31-19-5-6-20(24)21(25)12-19/h2-6,11-13,17H,7-10,14H2,1H3,(H,26,29,30). The third-order valence-corrected chi connectivity index (χ3v) is 6.27. The minimum atomic E-state index is -0.332. The molecule has 1 aromatic heterocycles. The van der Waals surface area contributed by atoms with Crippen molar-refractivity contribution in [2.75, 3.05) is 13.1 Å². The maximum absolute atomic E-state index is 12.2. The molecule has 0 unspecified atom stereocenters. The molecule has 1 aliphatic rings. The zero-order chi connectivity index (χ0) is 22.0. The SMILES string of the molecule is Cc1cn(C2CCN(Cc3cccc(Oc4ccc(Cl)c(Cl)c4)c3)CC2)c(=O)[nH]c1=O. The van der Waals surface area contributed by atoms with Crippen molar-refractivity contribution in [2.24, 2.45) is 0 Å². The molecular formula is C23H23Cl2N3O3. The van der Waals surface area contributed by atoms with E-state index in [2.05, 4.69) is 16.0 Å². The molecule has 162 valence electrons. The van der Waals surface area contributed by atoms with Crippen LogP contribution in [0.2, 0.25) is 10.0 Å². The van der Waals surface area contributed by atoms with E-state index >= 15 is 0 Å². The van der Waals surface area contributed by atoms with Crippen molar-refractivity contribution in [3.05, 3.63) is 90.7 Å². The number of aromatic nitrogens is 2. The van der Waals surface area contributed by atoms with E-state index < -0.39 is 0 Å². The average Bonchev–Trinajstić information content (AvgIpc) is 2.74. The van der Waals surface area contributed by atoms with Gasteiger partial charge in [-0.25, -0.2) is 4.79 Å². The van der Waals surface area contributed by atoms with Crippen LogP contribution in [0.15, 0.2) is 58.3 Å². The lowest BCUT2D eigenvalue weighted by molar-refractivity contribution is 0.177. The van der Waals surface area contributed by atoms with Gasteiger partial charge in [0.1, 0.15) is 11.5 Å². The highest BCUT2D eigenvalue weighted by atomic mass is 35.5. The molecule has 4 rings (SSSR count). The van der Waals surface area contributed by atoms with Gasteiger partial charge >= 0.3 is 5.69 Å². The number of hydrogen-bond acceptors (Lipinski definition) is 4. The molecular weight excluding hydrogens is 437 g/mol. The van der Waals surface area contributed by atoms with Crippen molar-refractivity contribution in [1.29, 1.82) is 0 Å². The van der Waals surface area contributed by atoms with Crippen LogP contribution in [0.4, 0.5) is 0 Å². The molecule has 0 aliphatic carbocycles. The second-order valence-electron chi connectivity index (χ2n) is 7.81. The zero-order valence-electron chi connectivity index (χ0n) is 17.1. The van der Waals surface area contributed by atoms with Crippen LogP contribution in [0.5, 0.6) is 11.5 Å². The topological polar surface area (TPSA) is 67.3 Å². The molecule has 0 amide bonds. The maximum atomic E-state index is 12.2. The fourth-order valence-corrected chi connectivity index (χ4v) is 4.14. The number of aromatic amines is 1. The summed E-state index contributed by atoms with van der Waals surface area (Å²) in [5.41, 5.74) is 1.05. The number of ether oxygens (including phenoxy) is 1. The molecule has 1 saturated heterocycles. The van der Waals surface area contributed by atoms with Gasteiger partial charge in [-0.3, -0.25) is 19.2 Å². The van der Waals surface area contributed by atoms with Gasteiger partial charge in [-0.15, -0.1) is 0 Å². The minimum Gasteiger partial charge on any atom is -0.457 e. The number of H-pyrrole nitrogens is 1. The zero-order valence-corrected chi connectivity index (χ0v) is 18.6. The normalized spacial score (nSPS) is 15.2. The molecule has 0 bridgehead atoms. The first-order chi connectivity index (χ1) is 14.9. The van der Waals surface area contributed by atoms with E-state index in [0.29, 0.717) is 21.4 Å². The molecule has 0 saturated carbocycles. The molecule has 2 aromatic carbocycles. The molecule has 3 aromatic rings. The van der Waals surface area contributed by atoms with Crippen molar-refractivity contribution in [3.63, 3.8) is 0 Å². The molecule has 0 atom stereocenters. The van der Waals surface area contributed by atoms with Gasteiger partial charge in [0.15, 0.2) is 0 Å². The van der Waals surface area contributed by atoms with Crippen molar-refractivity contribution in [3.8, 4) is 11.5 Å². The van der Waals surface area contributed by atoms with Gasteiger partial charge in [-0.2, -0.15) is 0 Å². The number of nitrogens with one attached hydrogen (secondary N) is 1. The van der Waals surface area contributed by atoms with Crippen LogP contribution >= 0.6 is 23.2 Å². The number of rotatable bonds is 5. The van der Waals surface area contributed by atoms with Gasteiger partial charge in [0.05, 0.1) is 10.0 Å². The number of hydrogen-bond donors (Lipinski definition) is 1. The van der Waals surface area contributed by atoms with E-state index in [1.54, 1.807) is 35.9 Å². The van der Waals surface area contributed by atoms with Gasteiger partial charge in [0.2, 0.25) is 0 Å². The van der Waals surface area contributed by atoms with Crippen molar-refractivity contribution >= 4 is 23.2 Å². The Bertz CT molecular complexity index is 1200. The summed E-state index contributed by atoms with van der Waals surface area (Å²) in [6, 6.07) is 13.3. The lowest BCUT2D eigenvalue weighted by Gasteiger charge is -2.32. The van der Waals surface area contributed by atoms with E-state index in [1.807, 2.05) is 18.2 Å². The number of benzene rings is 2. The van der Waals surface area contributed by atoms with Crippen molar-refractivity contribution in [1.82, 2.24) is 14.5 Å². The predicted octanol–water partition coefficient (Wildman–Crippen LogP) is 4.78. The van der Waals surface area contributed by atoms with Crippen LogP contribution in [-0.2, 0) is 6.54 Å². The Hall–Kier alpha value is -2.54. The molecule has 1 N–H and O–H groups in total. The molecule has 6 nitrogen and oxygen atoms in total. The van der Waals surface area contributed by atoms with Crippen LogP contribution < -0.4 is 16.0 Å². The summed E-state index contributed by atoms with van der Waals surface area (Å²) >= 11 is 12.0. The van der Waals surface area contributed by atoms with Crippen molar-refractivity contribution < 1.29 is 4.74 Å². The Morgan fingerprint density at radius 2 is 1.77 bits per heavy atom. The second kappa shape index (κ2) is 9.30. The van der Waals surface area contributed by atoms with Crippen LogP contribution in [0.3, 0.4) is 0 Å². The first-order valence-corrected chi connectivity index (χ1v) is 10.9. The summed E-state index contributed by atoms with van der Waals surface area (Å²) in [7, 11) is 0. The first kappa shape index (κ1) is 21.7.